The van der Waals surface area contributed by atoms with E-state index in [9.17, 15) is 4.79 Å². The van der Waals surface area contributed by atoms with E-state index in [4.69, 9.17) is 11.6 Å². The molecule has 0 saturated heterocycles. The summed E-state index contributed by atoms with van der Waals surface area (Å²) in [5, 5.41) is 0.682. The molecule has 0 heterocycles. The molecule has 0 saturated carbocycles. The normalized spacial score (nSPS) is 11.9. The van der Waals surface area contributed by atoms with E-state index < -0.39 is 0 Å². The van der Waals surface area contributed by atoms with E-state index in [2.05, 4.69) is 32.6 Å². The fourth-order valence-electron chi connectivity index (χ4n) is 3.08. The molecule has 0 fully saturated rings. The molecular formula is C17H26ClNO. The molecule has 3 heteroatoms. The number of halogens is 1. The monoisotopic (exact) mass is 295 g/mol. The molecule has 0 spiro atoms. The summed E-state index contributed by atoms with van der Waals surface area (Å²) in [5.41, 5.74) is 0.570. The van der Waals surface area contributed by atoms with Gasteiger partial charge < -0.3 is 0 Å². The fourth-order valence-corrected chi connectivity index (χ4v) is 3.28. The number of ketones is 1. The zero-order chi connectivity index (χ0) is 15.2. The maximum Gasteiger partial charge on any atom is 0.157 e. The minimum absolute atomic E-state index is 0.277. The van der Waals surface area contributed by atoms with Crippen LogP contribution in [-0.2, 0) is 11.2 Å². The van der Waals surface area contributed by atoms with Crippen molar-refractivity contribution in [3.63, 3.8) is 0 Å². The highest BCUT2D eigenvalue weighted by atomic mass is 35.5. The van der Waals surface area contributed by atoms with Gasteiger partial charge in [-0.2, -0.15) is 0 Å². The fraction of sp³-hybridized carbons (Fsp3) is 0.588. The van der Waals surface area contributed by atoms with Crippen LogP contribution >= 0.6 is 11.6 Å². The predicted molar refractivity (Wildman–Crippen MR) is 86.4 cm³/mol. The molecule has 1 aromatic rings. The lowest BCUT2D eigenvalue weighted by Gasteiger charge is -2.41. The summed E-state index contributed by atoms with van der Waals surface area (Å²) in [4.78, 5) is 15.2. The Hall–Kier alpha value is -0.860. The zero-order valence-corrected chi connectivity index (χ0v) is 13.8. The molecule has 0 aliphatic heterocycles. The summed E-state index contributed by atoms with van der Waals surface area (Å²) in [6.07, 6.45) is 2.10. The van der Waals surface area contributed by atoms with Crippen LogP contribution in [0.25, 0.3) is 0 Å². The topological polar surface area (TPSA) is 20.3 Å². The van der Waals surface area contributed by atoms with E-state index in [1.165, 1.54) is 0 Å². The first-order valence-electron chi connectivity index (χ1n) is 7.57. The van der Waals surface area contributed by atoms with Gasteiger partial charge in [0.1, 0.15) is 0 Å². The van der Waals surface area contributed by atoms with Crippen molar-refractivity contribution in [3.05, 3.63) is 34.9 Å². The Morgan fingerprint density at radius 2 is 1.65 bits per heavy atom. The van der Waals surface area contributed by atoms with Crippen LogP contribution in [0.4, 0.5) is 0 Å². The van der Waals surface area contributed by atoms with Crippen molar-refractivity contribution in [1.29, 1.82) is 0 Å². The molecule has 0 N–H and O–H groups in total. The summed E-state index contributed by atoms with van der Waals surface area (Å²) in [5.74, 6) is 0.277. The molecule has 0 unspecified atom stereocenters. The van der Waals surface area contributed by atoms with Crippen LogP contribution < -0.4 is 0 Å². The number of Topliss-reactive ketones (excluding diaryl/α,β-unsaturated/α-hetero) is 1. The van der Waals surface area contributed by atoms with E-state index in [1.807, 2.05) is 24.3 Å². The maximum atomic E-state index is 12.9. The van der Waals surface area contributed by atoms with Crippen LogP contribution in [0.5, 0.6) is 0 Å². The highest BCUT2D eigenvalue weighted by Crippen LogP contribution is 2.28. The first-order chi connectivity index (χ1) is 9.55. The van der Waals surface area contributed by atoms with Crippen LogP contribution in [0, 0.1) is 0 Å². The standard InChI is InChI=1S/C17H26ClNO/c1-5-17(6-2,19(7-3)8-4)16(20)13-14-11-9-10-12-15(14)18/h9-12H,5-8,13H2,1-4H3. The Kier molecular flexibility index (Phi) is 6.70. The number of carbonyl (C=O) groups excluding carboxylic acids is 1. The van der Waals surface area contributed by atoms with E-state index in [0.29, 0.717) is 11.4 Å². The summed E-state index contributed by atoms with van der Waals surface area (Å²) < 4.78 is 0. The molecule has 2 nitrogen and oxygen atoms in total. The Morgan fingerprint density at radius 3 is 2.10 bits per heavy atom. The van der Waals surface area contributed by atoms with Gasteiger partial charge in [0.15, 0.2) is 5.78 Å². The first kappa shape index (κ1) is 17.2. The Morgan fingerprint density at radius 1 is 1.10 bits per heavy atom. The quantitative estimate of drug-likeness (QED) is 0.710. The van der Waals surface area contributed by atoms with Gasteiger partial charge in [0.2, 0.25) is 0 Å². The third kappa shape index (κ3) is 3.42. The third-order valence-electron chi connectivity index (χ3n) is 4.37. The van der Waals surface area contributed by atoms with Crippen molar-refractivity contribution < 1.29 is 4.79 Å². The van der Waals surface area contributed by atoms with Crippen molar-refractivity contribution in [2.45, 2.75) is 52.5 Å². The number of carbonyl (C=O) groups is 1. The number of benzene rings is 1. The molecule has 0 aliphatic carbocycles. The number of rotatable bonds is 8. The van der Waals surface area contributed by atoms with Crippen molar-refractivity contribution in [3.8, 4) is 0 Å². The molecule has 0 atom stereocenters. The van der Waals surface area contributed by atoms with E-state index in [0.717, 1.165) is 31.5 Å². The SMILES string of the molecule is CCN(CC)C(CC)(CC)C(=O)Cc1ccccc1Cl. The number of hydrogen-bond donors (Lipinski definition) is 0. The molecule has 1 aromatic carbocycles. The number of hydrogen-bond acceptors (Lipinski definition) is 2. The van der Waals surface area contributed by atoms with Gasteiger partial charge >= 0.3 is 0 Å². The summed E-state index contributed by atoms with van der Waals surface area (Å²) in [6.45, 7) is 10.2. The number of likely N-dealkylation sites (N-methyl/N-ethyl adjacent to an activating group) is 1. The lowest BCUT2D eigenvalue weighted by Crippen LogP contribution is -2.54. The van der Waals surface area contributed by atoms with Crippen LogP contribution in [0.1, 0.15) is 46.1 Å². The Bertz CT molecular complexity index is 436. The van der Waals surface area contributed by atoms with Crippen molar-refractivity contribution in [1.82, 2.24) is 4.90 Å². The lowest BCUT2D eigenvalue weighted by atomic mass is 9.83. The van der Waals surface area contributed by atoms with Gasteiger partial charge in [-0.3, -0.25) is 9.69 Å². The van der Waals surface area contributed by atoms with Gasteiger partial charge in [0.25, 0.3) is 0 Å². The van der Waals surface area contributed by atoms with E-state index in [1.54, 1.807) is 0 Å². The first-order valence-corrected chi connectivity index (χ1v) is 7.95. The van der Waals surface area contributed by atoms with Gasteiger partial charge in [-0.1, -0.05) is 57.5 Å². The molecule has 0 aromatic heterocycles. The van der Waals surface area contributed by atoms with Crippen molar-refractivity contribution in [2.75, 3.05) is 13.1 Å². The molecule has 0 amide bonds. The smallest absolute Gasteiger partial charge is 0.157 e. The van der Waals surface area contributed by atoms with Gasteiger partial charge in [-0.25, -0.2) is 0 Å². The highest BCUT2D eigenvalue weighted by molar-refractivity contribution is 6.31. The van der Waals surface area contributed by atoms with Crippen LogP contribution in [0.2, 0.25) is 5.02 Å². The average molecular weight is 296 g/mol. The molecular weight excluding hydrogens is 270 g/mol. The Labute approximate surface area is 128 Å². The third-order valence-corrected chi connectivity index (χ3v) is 4.74. The lowest BCUT2D eigenvalue weighted by molar-refractivity contribution is -0.131. The predicted octanol–water partition coefficient (Wildman–Crippen LogP) is 4.35. The second-order valence-corrected chi connectivity index (χ2v) is 5.51. The second kappa shape index (κ2) is 7.80. The Balaban J connectivity index is 3.04. The second-order valence-electron chi connectivity index (χ2n) is 5.10. The van der Waals surface area contributed by atoms with Crippen LogP contribution in [-0.4, -0.2) is 29.3 Å². The average Bonchev–Trinajstić information content (AvgIpc) is 2.47. The van der Waals surface area contributed by atoms with Gasteiger partial charge in [-0.15, -0.1) is 0 Å². The molecule has 0 bridgehead atoms. The summed E-state index contributed by atoms with van der Waals surface area (Å²) in [6, 6.07) is 7.62. The zero-order valence-electron chi connectivity index (χ0n) is 13.1. The largest absolute Gasteiger partial charge is 0.297 e. The van der Waals surface area contributed by atoms with Crippen LogP contribution in [0.3, 0.4) is 0 Å². The minimum atomic E-state index is -0.358. The van der Waals surface area contributed by atoms with E-state index >= 15 is 0 Å². The molecule has 20 heavy (non-hydrogen) atoms. The van der Waals surface area contributed by atoms with Crippen molar-refractivity contribution >= 4 is 17.4 Å². The molecule has 112 valence electrons. The van der Waals surface area contributed by atoms with Gasteiger partial charge in [-0.05, 0) is 37.6 Å². The van der Waals surface area contributed by atoms with Crippen LogP contribution in [0.15, 0.2) is 24.3 Å². The number of nitrogens with zero attached hydrogens (tertiary/aromatic N) is 1. The maximum absolute atomic E-state index is 12.9. The molecule has 1 rings (SSSR count). The minimum Gasteiger partial charge on any atom is -0.297 e. The van der Waals surface area contributed by atoms with Gasteiger partial charge in [0.05, 0.1) is 5.54 Å². The highest BCUT2D eigenvalue weighted by Gasteiger charge is 2.38. The molecule has 0 radical (unpaired) electrons. The summed E-state index contributed by atoms with van der Waals surface area (Å²) in [7, 11) is 0. The van der Waals surface area contributed by atoms with E-state index in [-0.39, 0.29) is 11.3 Å². The van der Waals surface area contributed by atoms with Gasteiger partial charge in [0, 0.05) is 11.4 Å². The summed E-state index contributed by atoms with van der Waals surface area (Å²) >= 11 is 6.19. The van der Waals surface area contributed by atoms with Crippen molar-refractivity contribution in [2.24, 2.45) is 0 Å². The molecule has 0 aliphatic rings.